The lowest BCUT2D eigenvalue weighted by atomic mass is 10.1. The van der Waals surface area contributed by atoms with Crippen LogP contribution in [0.3, 0.4) is 0 Å². The summed E-state index contributed by atoms with van der Waals surface area (Å²) in [6.45, 7) is 0.199. The van der Waals surface area contributed by atoms with Crippen LogP contribution in [0.4, 0.5) is 0 Å². The minimum Gasteiger partial charge on any atom is -0.454 e. The normalized spacial score (nSPS) is 12.3. The van der Waals surface area contributed by atoms with Crippen molar-refractivity contribution in [2.24, 2.45) is 5.73 Å². The number of fused-ring (bicyclic) bond motifs is 1. The molecule has 0 aliphatic carbocycles. The molecule has 0 atom stereocenters. The van der Waals surface area contributed by atoms with Gasteiger partial charge in [0.25, 0.3) is 0 Å². The van der Waals surface area contributed by atoms with Crippen LogP contribution in [0.15, 0.2) is 46.9 Å². The first kappa shape index (κ1) is 16.5. The number of amides is 1. The van der Waals surface area contributed by atoms with Crippen LogP contribution < -0.4 is 15.2 Å². The summed E-state index contributed by atoms with van der Waals surface area (Å²) in [6.07, 6.45) is 0.543. The van der Waals surface area contributed by atoms with Crippen LogP contribution in [0.1, 0.15) is 12.2 Å². The highest BCUT2D eigenvalue weighted by atomic mass is 35.5. The molecule has 0 saturated heterocycles. The van der Waals surface area contributed by atoms with Crippen molar-refractivity contribution in [2.75, 3.05) is 6.79 Å². The van der Waals surface area contributed by atoms with Crippen molar-refractivity contribution in [1.82, 2.24) is 4.98 Å². The Morgan fingerprint density at radius 1 is 1.08 bits per heavy atom. The van der Waals surface area contributed by atoms with E-state index in [4.69, 9.17) is 31.2 Å². The number of hydrogen-bond donors (Lipinski definition) is 1. The lowest BCUT2D eigenvalue weighted by Crippen LogP contribution is -2.11. The molecule has 3 aromatic rings. The minimum absolute atomic E-state index is 0.177. The third-order valence-corrected chi connectivity index (χ3v) is 4.28. The highest BCUT2D eigenvalue weighted by Gasteiger charge is 2.20. The molecule has 0 fully saturated rings. The number of hydrogen-bond acceptors (Lipinski definition) is 5. The third-order valence-electron chi connectivity index (χ3n) is 4.03. The maximum atomic E-state index is 11.2. The molecule has 132 valence electrons. The zero-order chi connectivity index (χ0) is 18.1. The standard InChI is InChI=1S/C19H15ClN2O4/c20-13-4-1-11(2-5-13)18-15(7-8-17(21)23)26-19(22-18)12-3-6-14-16(9-12)25-10-24-14/h1-6,9H,7-8,10H2,(H2,21,23). The van der Waals surface area contributed by atoms with Crippen molar-refractivity contribution in [3.05, 3.63) is 53.2 Å². The molecule has 1 aromatic heterocycles. The number of aromatic nitrogens is 1. The van der Waals surface area contributed by atoms with Crippen LogP contribution in [0.25, 0.3) is 22.7 Å². The average Bonchev–Trinajstić information content (AvgIpc) is 3.26. The Morgan fingerprint density at radius 3 is 2.58 bits per heavy atom. The van der Waals surface area contributed by atoms with E-state index in [1.807, 2.05) is 30.3 Å². The van der Waals surface area contributed by atoms with Gasteiger partial charge in [-0.1, -0.05) is 23.7 Å². The summed E-state index contributed by atoms with van der Waals surface area (Å²) in [5.74, 6) is 1.97. The molecule has 1 amide bonds. The van der Waals surface area contributed by atoms with E-state index in [0.29, 0.717) is 40.3 Å². The van der Waals surface area contributed by atoms with Crippen molar-refractivity contribution in [1.29, 1.82) is 0 Å². The summed E-state index contributed by atoms with van der Waals surface area (Å²) >= 11 is 5.97. The fourth-order valence-electron chi connectivity index (χ4n) is 2.74. The number of carbonyl (C=O) groups is 1. The van der Waals surface area contributed by atoms with Gasteiger partial charge in [-0.25, -0.2) is 4.98 Å². The molecule has 2 aromatic carbocycles. The summed E-state index contributed by atoms with van der Waals surface area (Å²) < 4.78 is 16.7. The van der Waals surface area contributed by atoms with Gasteiger partial charge < -0.3 is 19.6 Å². The molecule has 4 rings (SSSR count). The lowest BCUT2D eigenvalue weighted by molar-refractivity contribution is -0.118. The number of rotatable bonds is 5. The monoisotopic (exact) mass is 370 g/mol. The van der Waals surface area contributed by atoms with Gasteiger partial charge in [0.05, 0.1) is 0 Å². The van der Waals surface area contributed by atoms with Crippen LogP contribution >= 0.6 is 11.6 Å². The summed E-state index contributed by atoms with van der Waals surface area (Å²) in [5.41, 5.74) is 7.55. The van der Waals surface area contributed by atoms with Gasteiger partial charge in [0.1, 0.15) is 11.5 Å². The summed E-state index contributed by atoms with van der Waals surface area (Å²) in [4.78, 5) is 15.8. The van der Waals surface area contributed by atoms with E-state index in [2.05, 4.69) is 4.98 Å². The molecule has 2 N–H and O–H groups in total. The molecule has 0 unspecified atom stereocenters. The van der Waals surface area contributed by atoms with Gasteiger partial charge in [-0.2, -0.15) is 0 Å². The first-order chi connectivity index (χ1) is 12.6. The number of benzene rings is 2. The summed E-state index contributed by atoms with van der Waals surface area (Å²) in [7, 11) is 0. The van der Waals surface area contributed by atoms with Crippen LogP contribution in [-0.2, 0) is 11.2 Å². The van der Waals surface area contributed by atoms with Crippen LogP contribution in [0.5, 0.6) is 11.5 Å². The van der Waals surface area contributed by atoms with E-state index in [0.717, 1.165) is 11.1 Å². The van der Waals surface area contributed by atoms with Gasteiger partial charge in [0.2, 0.25) is 18.6 Å². The highest BCUT2D eigenvalue weighted by molar-refractivity contribution is 6.30. The smallest absolute Gasteiger partial charge is 0.231 e. The maximum absolute atomic E-state index is 11.2. The minimum atomic E-state index is -0.395. The summed E-state index contributed by atoms with van der Waals surface area (Å²) in [5, 5.41) is 0.631. The van der Waals surface area contributed by atoms with E-state index in [1.54, 1.807) is 12.1 Å². The Morgan fingerprint density at radius 2 is 1.81 bits per heavy atom. The van der Waals surface area contributed by atoms with E-state index < -0.39 is 5.91 Å². The fourth-order valence-corrected chi connectivity index (χ4v) is 2.87. The number of carbonyl (C=O) groups excluding carboxylic acids is 1. The van der Waals surface area contributed by atoms with Crippen molar-refractivity contribution in [3.8, 4) is 34.2 Å². The molecule has 0 radical (unpaired) electrons. The number of oxazole rings is 1. The van der Waals surface area contributed by atoms with Crippen LogP contribution in [0.2, 0.25) is 5.02 Å². The quantitative estimate of drug-likeness (QED) is 0.737. The molecular weight excluding hydrogens is 356 g/mol. The zero-order valence-corrected chi connectivity index (χ0v) is 14.5. The van der Waals surface area contributed by atoms with E-state index in [1.165, 1.54) is 0 Å². The second-order valence-electron chi connectivity index (χ2n) is 5.83. The molecular formula is C19H15ClN2O4. The number of primary amides is 1. The second-order valence-corrected chi connectivity index (χ2v) is 6.27. The van der Waals surface area contributed by atoms with Crippen molar-refractivity contribution >= 4 is 17.5 Å². The predicted molar refractivity (Wildman–Crippen MR) is 96.0 cm³/mol. The second kappa shape index (κ2) is 6.72. The Labute approximate surface area is 154 Å². The SMILES string of the molecule is NC(=O)CCc1oc(-c2ccc3c(c2)OCO3)nc1-c1ccc(Cl)cc1. The molecule has 26 heavy (non-hydrogen) atoms. The van der Waals surface area contributed by atoms with Crippen LogP contribution in [0, 0.1) is 0 Å². The number of ether oxygens (including phenoxy) is 2. The van der Waals surface area contributed by atoms with Gasteiger partial charge in [0.15, 0.2) is 11.5 Å². The molecule has 6 nitrogen and oxygen atoms in total. The Kier molecular flexibility index (Phi) is 4.26. The topological polar surface area (TPSA) is 87.6 Å². The van der Waals surface area contributed by atoms with Crippen molar-refractivity contribution in [3.63, 3.8) is 0 Å². The van der Waals surface area contributed by atoms with E-state index in [9.17, 15) is 4.79 Å². The summed E-state index contributed by atoms with van der Waals surface area (Å²) in [6, 6.07) is 12.8. The van der Waals surface area contributed by atoms with Gasteiger partial charge >= 0.3 is 0 Å². The largest absolute Gasteiger partial charge is 0.454 e. The zero-order valence-electron chi connectivity index (χ0n) is 13.7. The molecule has 1 aliphatic rings. The Hall–Kier alpha value is -2.99. The van der Waals surface area contributed by atoms with Gasteiger partial charge in [-0.05, 0) is 30.3 Å². The van der Waals surface area contributed by atoms with E-state index >= 15 is 0 Å². The van der Waals surface area contributed by atoms with Crippen molar-refractivity contribution < 1.29 is 18.7 Å². The van der Waals surface area contributed by atoms with Gasteiger partial charge in [-0.15, -0.1) is 0 Å². The predicted octanol–water partition coefficient (Wildman–Crippen LogP) is 3.81. The molecule has 1 aliphatic heterocycles. The highest BCUT2D eigenvalue weighted by Crippen LogP contribution is 2.37. The molecule has 7 heteroatoms. The third kappa shape index (κ3) is 3.23. The fraction of sp³-hybridized carbons (Fsp3) is 0.158. The number of nitrogens with two attached hydrogens (primary N) is 1. The lowest BCUT2D eigenvalue weighted by Gasteiger charge is -2.00. The molecule has 0 spiro atoms. The maximum Gasteiger partial charge on any atom is 0.231 e. The molecule has 2 heterocycles. The number of halogens is 1. The van der Waals surface area contributed by atoms with Gasteiger partial charge in [-0.3, -0.25) is 4.79 Å². The average molecular weight is 371 g/mol. The van der Waals surface area contributed by atoms with Crippen molar-refractivity contribution in [2.45, 2.75) is 12.8 Å². The van der Waals surface area contributed by atoms with Crippen LogP contribution in [-0.4, -0.2) is 17.7 Å². The first-order valence-corrected chi connectivity index (χ1v) is 8.42. The Bertz CT molecular complexity index is 966. The van der Waals surface area contributed by atoms with E-state index in [-0.39, 0.29) is 13.2 Å². The van der Waals surface area contributed by atoms with Gasteiger partial charge in [0, 0.05) is 29.0 Å². The number of aryl methyl sites for hydroxylation is 1. The first-order valence-electron chi connectivity index (χ1n) is 8.04. The molecule has 0 saturated carbocycles. The number of nitrogens with zero attached hydrogens (tertiary/aromatic N) is 1. The molecule has 0 bridgehead atoms. The Balaban J connectivity index is 1.75.